The summed E-state index contributed by atoms with van der Waals surface area (Å²) in [6.07, 6.45) is 8.60. The third kappa shape index (κ3) is 3.08. The van der Waals surface area contributed by atoms with Crippen molar-refractivity contribution in [1.82, 2.24) is 14.9 Å². The van der Waals surface area contributed by atoms with E-state index in [1.807, 2.05) is 20.8 Å². The summed E-state index contributed by atoms with van der Waals surface area (Å²) in [4.78, 5) is 21.1. The lowest BCUT2D eigenvalue weighted by atomic mass is 10.1. The summed E-state index contributed by atoms with van der Waals surface area (Å²) < 4.78 is 5.42. The second-order valence-corrected chi connectivity index (χ2v) is 5.65. The third-order valence-corrected chi connectivity index (χ3v) is 2.96. The Balaban J connectivity index is 2.13. The number of H-pyrrole nitrogens is 1. The predicted octanol–water partition coefficient (Wildman–Crippen LogP) is 2.46. The normalized spacial score (nSPS) is 19.3. The number of hydrogen-bond acceptors (Lipinski definition) is 3. The molecule has 2 heterocycles. The monoisotopic (exact) mass is 261 g/mol. The molecule has 1 aromatic heterocycles. The molecule has 0 spiro atoms. The van der Waals surface area contributed by atoms with Crippen LogP contribution in [0, 0.1) is 12.3 Å². The van der Waals surface area contributed by atoms with Gasteiger partial charge < -0.3 is 9.72 Å². The van der Waals surface area contributed by atoms with Crippen molar-refractivity contribution in [2.45, 2.75) is 45.3 Å². The van der Waals surface area contributed by atoms with Crippen molar-refractivity contribution in [3.8, 4) is 12.3 Å². The van der Waals surface area contributed by atoms with Crippen LogP contribution < -0.4 is 0 Å². The second-order valence-electron chi connectivity index (χ2n) is 5.65. The standard InChI is InChI=1S/C14H19N3O2/c1-5-12-15-9-10(16-12)11-7-6-8-17(11)13(18)19-14(2,3)4/h1,9,11H,6-8H2,2-4H3,(H,15,16). The molecule has 1 unspecified atom stereocenters. The van der Waals surface area contributed by atoms with Crippen LogP contribution in [0.15, 0.2) is 6.20 Å². The number of terminal acetylenes is 1. The van der Waals surface area contributed by atoms with Crippen molar-refractivity contribution in [3.05, 3.63) is 17.7 Å². The number of aromatic nitrogens is 2. The van der Waals surface area contributed by atoms with Crippen molar-refractivity contribution < 1.29 is 9.53 Å². The summed E-state index contributed by atoms with van der Waals surface area (Å²) in [5.41, 5.74) is 0.316. The molecule has 5 heteroatoms. The van der Waals surface area contributed by atoms with Gasteiger partial charge in [-0.15, -0.1) is 6.42 Å². The Bertz CT molecular complexity index is 507. The smallest absolute Gasteiger partial charge is 0.410 e. The molecule has 102 valence electrons. The highest BCUT2D eigenvalue weighted by Crippen LogP contribution is 2.32. The van der Waals surface area contributed by atoms with E-state index < -0.39 is 5.60 Å². The largest absolute Gasteiger partial charge is 0.444 e. The van der Waals surface area contributed by atoms with E-state index in [-0.39, 0.29) is 12.1 Å². The zero-order chi connectivity index (χ0) is 14.0. The van der Waals surface area contributed by atoms with Gasteiger partial charge in [-0.3, -0.25) is 4.90 Å². The lowest BCUT2D eigenvalue weighted by molar-refractivity contribution is 0.0222. The molecular formula is C14H19N3O2. The molecule has 0 radical (unpaired) electrons. The molecule has 1 amide bonds. The van der Waals surface area contributed by atoms with Crippen molar-refractivity contribution in [2.75, 3.05) is 6.54 Å². The van der Waals surface area contributed by atoms with Crippen LogP contribution in [-0.2, 0) is 4.74 Å². The van der Waals surface area contributed by atoms with Gasteiger partial charge in [-0.25, -0.2) is 9.78 Å². The fraction of sp³-hybridized carbons (Fsp3) is 0.571. The Morgan fingerprint density at radius 3 is 2.95 bits per heavy atom. The maximum absolute atomic E-state index is 12.1. The molecule has 1 atom stereocenters. The highest BCUT2D eigenvalue weighted by atomic mass is 16.6. The van der Waals surface area contributed by atoms with Gasteiger partial charge in [0.2, 0.25) is 0 Å². The number of amides is 1. The topological polar surface area (TPSA) is 58.2 Å². The molecule has 19 heavy (non-hydrogen) atoms. The number of ether oxygens (including phenoxy) is 1. The van der Waals surface area contributed by atoms with Crippen LogP contribution in [0.4, 0.5) is 4.79 Å². The molecule has 0 bridgehead atoms. The lowest BCUT2D eigenvalue weighted by Gasteiger charge is -2.27. The van der Waals surface area contributed by atoms with Gasteiger partial charge in [-0.2, -0.15) is 0 Å². The van der Waals surface area contributed by atoms with Crippen molar-refractivity contribution in [3.63, 3.8) is 0 Å². The van der Waals surface area contributed by atoms with Gasteiger partial charge in [0.05, 0.1) is 11.7 Å². The van der Waals surface area contributed by atoms with Crippen molar-refractivity contribution in [1.29, 1.82) is 0 Å². The lowest BCUT2D eigenvalue weighted by Crippen LogP contribution is -2.36. The maximum Gasteiger partial charge on any atom is 0.410 e. The molecule has 0 aromatic carbocycles. The highest BCUT2D eigenvalue weighted by Gasteiger charge is 2.34. The minimum Gasteiger partial charge on any atom is -0.444 e. The number of imidazole rings is 1. The average Bonchev–Trinajstić information content (AvgIpc) is 2.95. The minimum absolute atomic E-state index is 0.0480. The predicted molar refractivity (Wildman–Crippen MR) is 71.4 cm³/mol. The summed E-state index contributed by atoms with van der Waals surface area (Å²) in [6.45, 7) is 6.28. The molecule has 1 N–H and O–H groups in total. The quantitative estimate of drug-likeness (QED) is 0.790. The highest BCUT2D eigenvalue weighted by molar-refractivity contribution is 5.69. The van der Waals surface area contributed by atoms with Crippen LogP contribution in [0.1, 0.15) is 51.2 Å². The van der Waals surface area contributed by atoms with E-state index in [4.69, 9.17) is 11.2 Å². The molecule has 5 nitrogen and oxygen atoms in total. The van der Waals surface area contributed by atoms with Crippen LogP contribution in [0.2, 0.25) is 0 Å². The SMILES string of the molecule is C#Cc1nc(C2CCCN2C(=O)OC(C)(C)C)c[nH]1. The molecule has 1 aliphatic rings. The summed E-state index contributed by atoms with van der Waals surface area (Å²) in [7, 11) is 0. The number of aromatic amines is 1. The van der Waals surface area contributed by atoms with Gasteiger partial charge in [0.25, 0.3) is 0 Å². The number of carbonyl (C=O) groups excluding carboxylic acids is 1. The molecular weight excluding hydrogens is 242 g/mol. The van der Waals surface area contributed by atoms with Crippen LogP contribution >= 0.6 is 0 Å². The Labute approximate surface area is 113 Å². The zero-order valence-electron chi connectivity index (χ0n) is 11.6. The van der Waals surface area contributed by atoms with E-state index >= 15 is 0 Å². The van der Waals surface area contributed by atoms with Gasteiger partial charge in [0, 0.05) is 12.7 Å². The van der Waals surface area contributed by atoms with E-state index in [9.17, 15) is 4.79 Å². The van der Waals surface area contributed by atoms with Crippen LogP contribution in [0.25, 0.3) is 0 Å². The van der Waals surface area contributed by atoms with Crippen LogP contribution in [0.5, 0.6) is 0 Å². The molecule has 1 aliphatic heterocycles. The Morgan fingerprint density at radius 2 is 2.37 bits per heavy atom. The van der Waals surface area contributed by atoms with E-state index in [1.165, 1.54) is 0 Å². The Kier molecular flexibility index (Phi) is 3.52. The van der Waals surface area contributed by atoms with Crippen molar-refractivity contribution in [2.24, 2.45) is 0 Å². The Hall–Kier alpha value is -1.96. The number of likely N-dealkylation sites (tertiary alicyclic amines) is 1. The molecule has 1 fully saturated rings. The van der Waals surface area contributed by atoms with E-state index in [1.54, 1.807) is 11.1 Å². The third-order valence-electron chi connectivity index (χ3n) is 2.96. The van der Waals surface area contributed by atoms with Gasteiger partial charge in [-0.1, -0.05) is 0 Å². The van der Waals surface area contributed by atoms with Crippen LogP contribution in [0.3, 0.4) is 0 Å². The average molecular weight is 261 g/mol. The zero-order valence-corrected chi connectivity index (χ0v) is 11.6. The Morgan fingerprint density at radius 1 is 1.63 bits per heavy atom. The molecule has 1 saturated heterocycles. The molecule has 0 saturated carbocycles. The number of rotatable bonds is 1. The number of carbonyl (C=O) groups is 1. The maximum atomic E-state index is 12.1. The summed E-state index contributed by atoms with van der Waals surface area (Å²) in [5, 5.41) is 0. The number of nitrogens with one attached hydrogen (secondary N) is 1. The van der Waals surface area contributed by atoms with Gasteiger partial charge >= 0.3 is 6.09 Å². The number of nitrogens with zero attached hydrogens (tertiary/aromatic N) is 2. The van der Waals surface area contributed by atoms with E-state index in [0.717, 1.165) is 18.5 Å². The van der Waals surface area contributed by atoms with Gasteiger partial charge in [-0.05, 0) is 39.5 Å². The molecule has 0 aliphatic carbocycles. The first-order valence-electron chi connectivity index (χ1n) is 6.42. The van der Waals surface area contributed by atoms with E-state index in [2.05, 4.69) is 15.9 Å². The second kappa shape index (κ2) is 4.96. The van der Waals surface area contributed by atoms with E-state index in [0.29, 0.717) is 12.4 Å². The summed E-state index contributed by atoms with van der Waals surface area (Å²) in [5.74, 6) is 2.94. The first-order valence-corrected chi connectivity index (χ1v) is 6.42. The first-order chi connectivity index (χ1) is 8.90. The molecule has 2 rings (SSSR count). The fourth-order valence-corrected chi connectivity index (χ4v) is 2.19. The minimum atomic E-state index is -0.486. The molecule has 1 aromatic rings. The van der Waals surface area contributed by atoms with Crippen LogP contribution in [-0.4, -0.2) is 33.1 Å². The van der Waals surface area contributed by atoms with Crippen molar-refractivity contribution >= 4 is 6.09 Å². The van der Waals surface area contributed by atoms with Gasteiger partial charge in [0.1, 0.15) is 5.60 Å². The fourth-order valence-electron chi connectivity index (χ4n) is 2.19. The van der Waals surface area contributed by atoms with Gasteiger partial charge in [0.15, 0.2) is 5.82 Å². The number of hydrogen-bond donors (Lipinski definition) is 1. The summed E-state index contributed by atoms with van der Waals surface area (Å²) >= 11 is 0. The first kappa shape index (κ1) is 13.5. The summed E-state index contributed by atoms with van der Waals surface area (Å²) in [6, 6.07) is -0.0480.